The van der Waals surface area contributed by atoms with E-state index in [2.05, 4.69) is 17.1 Å². The number of thioether (sulfide) groups is 1. The van der Waals surface area contributed by atoms with E-state index in [0.717, 1.165) is 25.3 Å². The van der Waals surface area contributed by atoms with Crippen molar-refractivity contribution in [1.82, 2.24) is 4.90 Å². The molecule has 1 unspecified atom stereocenters. The molecule has 6 heteroatoms. The summed E-state index contributed by atoms with van der Waals surface area (Å²) in [5, 5.41) is 3.42. The molecule has 1 aliphatic heterocycles. The van der Waals surface area contributed by atoms with Crippen molar-refractivity contribution in [2.75, 3.05) is 30.7 Å². The van der Waals surface area contributed by atoms with E-state index in [1.807, 2.05) is 11.8 Å². The Bertz CT molecular complexity index is 550. The van der Waals surface area contributed by atoms with Crippen molar-refractivity contribution >= 4 is 29.3 Å². The molecule has 1 heterocycles. The Morgan fingerprint density at radius 3 is 2.87 bits per heavy atom. The van der Waals surface area contributed by atoms with Gasteiger partial charge in [-0.1, -0.05) is 25.5 Å². The topological polar surface area (TPSA) is 75.4 Å². The molecule has 3 N–H and O–H groups in total. The lowest BCUT2D eigenvalue weighted by atomic mass is 10.1. The first-order chi connectivity index (χ1) is 11.1. The number of carbonyl (C=O) groups is 2. The summed E-state index contributed by atoms with van der Waals surface area (Å²) >= 11 is 1.97. The van der Waals surface area contributed by atoms with Crippen LogP contribution in [0, 0.1) is 0 Å². The number of rotatable bonds is 6. The van der Waals surface area contributed by atoms with Gasteiger partial charge in [0.05, 0.1) is 17.8 Å². The van der Waals surface area contributed by atoms with Gasteiger partial charge in [0.2, 0.25) is 5.91 Å². The largest absolute Gasteiger partial charge is 0.366 e. The van der Waals surface area contributed by atoms with E-state index >= 15 is 0 Å². The Balaban J connectivity index is 1.95. The highest BCUT2D eigenvalue weighted by Gasteiger charge is 2.20. The summed E-state index contributed by atoms with van der Waals surface area (Å²) in [5.41, 5.74) is 6.17. The molecule has 126 valence electrons. The predicted octanol–water partition coefficient (Wildman–Crippen LogP) is 2.33. The van der Waals surface area contributed by atoms with Gasteiger partial charge in [0.25, 0.3) is 5.91 Å². The van der Waals surface area contributed by atoms with Gasteiger partial charge >= 0.3 is 0 Å². The number of anilines is 1. The highest BCUT2D eigenvalue weighted by atomic mass is 32.2. The number of nitrogens with zero attached hydrogens (tertiary/aromatic N) is 1. The van der Waals surface area contributed by atoms with Gasteiger partial charge in [-0.3, -0.25) is 14.5 Å². The lowest BCUT2D eigenvalue weighted by Crippen LogP contribution is -2.37. The van der Waals surface area contributed by atoms with Gasteiger partial charge in [0.1, 0.15) is 0 Å². The molecule has 1 saturated heterocycles. The molecule has 1 atom stereocenters. The molecular formula is C17H25N3O2S. The number of para-hydroxylation sites is 1. The van der Waals surface area contributed by atoms with Crippen LogP contribution in [-0.2, 0) is 4.79 Å². The zero-order valence-electron chi connectivity index (χ0n) is 13.6. The molecule has 1 aromatic carbocycles. The summed E-state index contributed by atoms with van der Waals surface area (Å²) in [6.45, 7) is 4.43. The molecule has 2 amide bonds. The number of benzene rings is 1. The molecule has 0 saturated carbocycles. The van der Waals surface area contributed by atoms with Crippen molar-refractivity contribution < 1.29 is 9.59 Å². The molecule has 1 aliphatic rings. The maximum atomic E-state index is 12.3. The second-order valence-electron chi connectivity index (χ2n) is 5.77. The van der Waals surface area contributed by atoms with Crippen LogP contribution in [0.1, 0.15) is 36.5 Å². The van der Waals surface area contributed by atoms with Crippen molar-refractivity contribution in [3.05, 3.63) is 29.8 Å². The van der Waals surface area contributed by atoms with E-state index < -0.39 is 5.91 Å². The summed E-state index contributed by atoms with van der Waals surface area (Å²) in [7, 11) is 0. The summed E-state index contributed by atoms with van der Waals surface area (Å²) in [4.78, 5) is 25.9. The van der Waals surface area contributed by atoms with E-state index in [9.17, 15) is 9.59 Å². The Morgan fingerprint density at radius 1 is 1.35 bits per heavy atom. The fourth-order valence-corrected chi connectivity index (χ4v) is 4.01. The van der Waals surface area contributed by atoms with Crippen LogP contribution in [0.5, 0.6) is 0 Å². The van der Waals surface area contributed by atoms with Crippen LogP contribution in [-0.4, -0.2) is 47.4 Å². The fraction of sp³-hybridized carbons (Fsp3) is 0.529. The second kappa shape index (κ2) is 8.93. The molecule has 1 aromatic rings. The van der Waals surface area contributed by atoms with Gasteiger partial charge in [-0.25, -0.2) is 0 Å². The number of carbonyl (C=O) groups excluding carboxylic acids is 2. The number of hydrogen-bond acceptors (Lipinski definition) is 4. The van der Waals surface area contributed by atoms with Crippen LogP contribution in [0.15, 0.2) is 24.3 Å². The average Bonchev–Trinajstić information content (AvgIpc) is 2.73. The molecular weight excluding hydrogens is 310 g/mol. The molecule has 0 radical (unpaired) electrons. The molecule has 2 rings (SSSR count). The van der Waals surface area contributed by atoms with E-state index in [4.69, 9.17) is 5.73 Å². The Hall–Kier alpha value is -1.53. The van der Waals surface area contributed by atoms with Gasteiger partial charge < -0.3 is 11.1 Å². The van der Waals surface area contributed by atoms with Crippen LogP contribution in [0.3, 0.4) is 0 Å². The highest BCUT2D eigenvalue weighted by Crippen LogP contribution is 2.22. The van der Waals surface area contributed by atoms with Gasteiger partial charge in [-0.2, -0.15) is 11.8 Å². The predicted molar refractivity (Wildman–Crippen MR) is 95.8 cm³/mol. The lowest BCUT2D eigenvalue weighted by Gasteiger charge is -2.23. The summed E-state index contributed by atoms with van der Waals surface area (Å²) in [6, 6.07) is 6.84. The molecule has 0 spiro atoms. The van der Waals surface area contributed by atoms with E-state index in [0.29, 0.717) is 23.0 Å². The average molecular weight is 335 g/mol. The third kappa shape index (κ3) is 5.55. The van der Waals surface area contributed by atoms with Gasteiger partial charge in [-0.15, -0.1) is 0 Å². The van der Waals surface area contributed by atoms with Crippen molar-refractivity contribution in [1.29, 1.82) is 0 Å². The smallest absolute Gasteiger partial charge is 0.250 e. The maximum Gasteiger partial charge on any atom is 0.250 e. The third-order valence-corrected chi connectivity index (χ3v) is 5.14. The zero-order valence-corrected chi connectivity index (χ0v) is 14.4. The fourth-order valence-electron chi connectivity index (χ4n) is 2.89. The van der Waals surface area contributed by atoms with Crippen molar-refractivity contribution in [2.24, 2.45) is 5.73 Å². The minimum Gasteiger partial charge on any atom is -0.366 e. The number of primary amides is 1. The minimum absolute atomic E-state index is 0.0964. The quantitative estimate of drug-likeness (QED) is 0.837. The van der Waals surface area contributed by atoms with Crippen molar-refractivity contribution in [2.45, 2.75) is 31.4 Å². The normalized spacial score (nSPS) is 19.1. The zero-order chi connectivity index (χ0) is 16.7. The van der Waals surface area contributed by atoms with Crippen LogP contribution in [0.4, 0.5) is 5.69 Å². The lowest BCUT2D eigenvalue weighted by molar-refractivity contribution is -0.117. The molecule has 0 bridgehead atoms. The molecule has 23 heavy (non-hydrogen) atoms. The Morgan fingerprint density at radius 2 is 2.13 bits per heavy atom. The molecule has 0 aliphatic carbocycles. The number of hydrogen-bond donors (Lipinski definition) is 2. The van der Waals surface area contributed by atoms with E-state index in [1.165, 1.54) is 12.8 Å². The first-order valence-electron chi connectivity index (χ1n) is 8.12. The first-order valence-corrected chi connectivity index (χ1v) is 9.17. The standard InChI is InChI=1S/C17H25N3O2S/c1-2-23-13-7-5-6-10-20(11-13)12-16(21)19-15-9-4-3-8-14(15)17(18)22/h3-4,8-9,13H,2,5-7,10-12H2,1H3,(H2,18,22)(H,19,21). The number of amides is 2. The third-order valence-electron chi connectivity index (χ3n) is 3.95. The van der Waals surface area contributed by atoms with Crippen LogP contribution < -0.4 is 11.1 Å². The summed E-state index contributed by atoms with van der Waals surface area (Å²) < 4.78 is 0. The Kier molecular flexibility index (Phi) is 6.92. The number of nitrogens with one attached hydrogen (secondary N) is 1. The Labute approximate surface area is 142 Å². The summed E-state index contributed by atoms with van der Waals surface area (Å²) in [5.74, 6) is 0.479. The van der Waals surface area contributed by atoms with Crippen molar-refractivity contribution in [3.8, 4) is 0 Å². The van der Waals surface area contributed by atoms with E-state index in [1.54, 1.807) is 24.3 Å². The van der Waals surface area contributed by atoms with E-state index in [-0.39, 0.29) is 5.91 Å². The van der Waals surface area contributed by atoms with Gasteiger partial charge in [0.15, 0.2) is 0 Å². The van der Waals surface area contributed by atoms with Crippen LogP contribution in [0.25, 0.3) is 0 Å². The van der Waals surface area contributed by atoms with Crippen molar-refractivity contribution in [3.63, 3.8) is 0 Å². The number of nitrogens with two attached hydrogens (primary N) is 1. The van der Waals surface area contributed by atoms with Gasteiger partial charge in [0, 0.05) is 11.8 Å². The summed E-state index contributed by atoms with van der Waals surface area (Å²) in [6.07, 6.45) is 3.58. The molecule has 1 fully saturated rings. The van der Waals surface area contributed by atoms with Crippen LogP contribution >= 0.6 is 11.8 Å². The first kappa shape index (κ1) is 17.8. The van der Waals surface area contributed by atoms with Gasteiger partial charge in [-0.05, 0) is 37.3 Å². The highest BCUT2D eigenvalue weighted by molar-refractivity contribution is 7.99. The molecule has 0 aromatic heterocycles. The maximum absolute atomic E-state index is 12.3. The molecule has 5 nitrogen and oxygen atoms in total. The van der Waals surface area contributed by atoms with Crippen LogP contribution in [0.2, 0.25) is 0 Å². The monoisotopic (exact) mass is 335 g/mol. The SMILES string of the molecule is CCSC1CCCCN(CC(=O)Nc2ccccc2C(N)=O)C1. The second-order valence-corrected chi connectivity index (χ2v) is 7.34. The number of likely N-dealkylation sites (tertiary alicyclic amines) is 1. The minimum atomic E-state index is -0.532.